The van der Waals surface area contributed by atoms with E-state index < -0.39 is 28.3 Å². The summed E-state index contributed by atoms with van der Waals surface area (Å²) in [5.41, 5.74) is 2.86. The Morgan fingerprint density at radius 1 is 1.00 bits per heavy atom. The number of hydrogen-bond donors (Lipinski definition) is 1. The maximum absolute atomic E-state index is 14.2. The van der Waals surface area contributed by atoms with Gasteiger partial charge in [-0.05, 0) is 42.5 Å². The van der Waals surface area contributed by atoms with Gasteiger partial charge in [0.2, 0.25) is 10.0 Å². The average Bonchev–Trinajstić information content (AvgIpc) is 2.76. The second kappa shape index (κ2) is 11.1. The molecule has 0 saturated heterocycles. The Morgan fingerprint density at radius 3 is 2.33 bits per heavy atom. The minimum absolute atomic E-state index is 0.0903. The molecule has 11 heteroatoms. The van der Waals surface area contributed by atoms with Crippen molar-refractivity contribution in [2.45, 2.75) is 11.4 Å². The van der Waals surface area contributed by atoms with Gasteiger partial charge in [0.1, 0.15) is 5.82 Å². The zero-order valence-electron chi connectivity index (χ0n) is 16.9. The van der Waals surface area contributed by atoms with E-state index in [1.54, 1.807) is 18.2 Å². The first-order valence-corrected chi connectivity index (χ1v) is 12.0. The summed E-state index contributed by atoms with van der Waals surface area (Å²) in [6.07, 6.45) is 1.30. The molecule has 0 radical (unpaired) electrons. The summed E-state index contributed by atoms with van der Waals surface area (Å²) in [4.78, 5) is 12.4. The van der Waals surface area contributed by atoms with Crippen LogP contribution in [0.2, 0.25) is 15.1 Å². The minimum Gasteiger partial charge on any atom is -0.272 e. The van der Waals surface area contributed by atoms with Crippen LogP contribution in [-0.4, -0.2) is 31.4 Å². The fourth-order valence-corrected chi connectivity index (χ4v) is 4.73. The molecule has 0 unspecified atom stereocenters. The van der Waals surface area contributed by atoms with E-state index in [-0.39, 0.29) is 17.0 Å². The molecule has 3 aromatic rings. The Balaban J connectivity index is 1.81. The molecule has 0 atom stereocenters. The molecular formula is C22H17Cl3FN3O3S. The lowest BCUT2D eigenvalue weighted by molar-refractivity contribution is -0.121. The van der Waals surface area contributed by atoms with Crippen LogP contribution in [0.3, 0.4) is 0 Å². The number of hydrazone groups is 1. The van der Waals surface area contributed by atoms with Gasteiger partial charge >= 0.3 is 0 Å². The van der Waals surface area contributed by atoms with E-state index >= 15 is 0 Å². The fourth-order valence-electron chi connectivity index (χ4n) is 2.77. The van der Waals surface area contributed by atoms with Crippen molar-refractivity contribution in [3.63, 3.8) is 0 Å². The SMILES string of the molecule is O=C(CN(Cc1ccccc1F)S(=O)(=O)c1ccc(Cl)cc1)N/N=C\c1ccc(Cl)cc1Cl. The van der Waals surface area contributed by atoms with E-state index in [2.05, 4.69) is 10.5 Å². The molecule has 0 aliphatic rings. The number of nitrogens with zero attached hydrogens (tertiary/aromatic N) is 2. The predicted molar refractivity (Wildman–Crippen MR) is 128 cm³/mol. The summed E-state index contributed by atoms with van der Waals surface area (Å²) >= 11 is 17.7. The summed E-state index contributed by atoms with van der Waals surface area (Å²) in [6, 6.07) is 15.9. The van der Waals surface area contributed by atoms with Crippen molar-refractivity contribution in [2.24, 2.45) is 5.10 Å². The molecule has 33 heavy (non-hydrogen) atoms. The molecule has 0 spiro atoms. The lowest BCUT2D eigenvalue weighted by Crippen LogP contribution is -2.39. The smallest absolute Gasteiger partial charge is 0.255 e. The van der Waals surface area contributed by atoms with Gasteiger partial charge < -0.3 is 0 Å². The van der Waals surface area contributed by atoms with Crippen LogP contribution >= 0.6 is 34.8 Å². The van der Waals surface area contributed by atoms with Crippen LogP contribution < -0.4 is 5.43 Å². The molecule has 3 aromatic carbocycles. The number of carbonyl (C=O) groups excluding carboxylic acids is 1. The van der Waals surface area contributed by atoms with Crippen molar-refractivity contribution in [3.8, 4) is 0 Å². The zero-order chi connectivity index (χ0) is 24.0. The van der Waals surface area contributed by atoms with Gasteiger partial charge in [0.15, 0.2) is 0 Å². The Labute approximate surface area is 205 Å². The number of halogens is 4. The average molecular weight is 529 g/mol. The van der Waals surface area contributed by atoms with Crippen molar-refractivity contribution < 1.29 is 17.6 Å². The van der Waals surface area contributed by atoms with Crippen LogP contribution in [0.5, 0.6) is 0 Å². The maximum atomic E-state index is 14.2. The maximum Gasteiger partial charge on any atom is 0.255 e. The number of benzene rings is 3. The molecule has 1 amide bonds. The van der Waals surface area contributed by atoms with Crippen LogP contribution in [0.1, 0.15) is 11.1 Å². The van der Waals surface area contributed by atoms with Crippen LogP contribution in [0.25, 0.3) is 0 Å². The third kappa shape index (κ3) is 6.75. The molecule has 0 aliphatic heterocycles. The molecule has 3 rings (SSSR count). The summed E-state index contributed by atoms with van der Waals surface area (Å²) < 4.78 is 41.4. The second-order valence-corrected chi connectivity index (χ2v) is 10.00. The van der Waals surface area contributed by atoms with Gasteiger partial charge in [0, 0.05) is 27.7 Å². The highest BCUT2D eigenvalue weighted by atomic mass is 35.5. The fraction of sp³-hybridized carbons (Fsp3) is 0.0909. The number of nitrogens with one attached hydrogen (secondary N) is 1. The molecule has 6 nitrogen and oxygen atoms in total. The van der Waals surface area contributed by atoms with Crippen molar-refractivity contribution in [2.75, 3.05) is 6.54 Å². The molecular weight excluding hydrogens is 512 g/mol. The van der Waals surface area contributed by atoms with Gasteiger partial charge in [0.05, 0.1) is 22.7 Å². The summed E-state index contributed by atoms with van der Waals surface area (Å²) in [5, 5.41) is 4.93. The third-order valence-electron chi connectivity index (χ3n) is 4.43. The van der Waals surface area contributed by atoms with Crippen molar-refractivity contribution >= 4 is 56.9 Å². The van der Waals surface area contributed by atoms with Crippen molar-refractivity contribution in [1.82, 2.24) is 9.73 Å². The van der Waals surface area contributed by atoms with Gasteiger partial charge in [-0.3, -0.25) is 4.79 Å². The molecule has 0 fully saturated rings. The van der Waals surface area contributed by atoms with E-state index in [1.807, 2.05) is 0 Å². The highest BCUT2D eigenvalue weighted by Gasteiger charge is 2.27. The van der Waals surface area contributed by atoms with Crippen LogP contribution in [0.15, 0.2) is 76.7 Å². The van der Waals surface area contributed by atoms with Gasteiger partial charge in [-0.25, -0.2) is 18.2 Å². The summed E-state index contributed by atoms with van der Waals surface area (Å²) in [6.45, 7) is -0.969. The monoisotopic (exact) mass is 527 g/mol. The lowest BCUT2D eigenvalue weighted by atomic mass is 10.2. The molecule has 0 saturated carbocycles. The Kier molecular flexibility index (Phi) is 8.45. The lowest BCUT2D eigenvalue weighted by Gasteiger charge is -2.21. The highest BCUT2D eigenvalue weighted by Crippen LogP contribution is 2.22. The zero-order valence-corrected chi connectivity index (χ0v) is 20.0. The Hall–Kier alpha value is -2.49. The van der Waals surface area contributed by atoms with E-state index in [9.17, 15) is 17.6 Å². The normalized spacial score (nSPS) is 11.8. The molecule has 0 aliphatic carbocycles. The van der Waals surface area contributed by atoms with Crippen LogP contribution in [0, 0.1) is 5.82 Å². The summed E-state index contributed by atoms with van der Waals surface area (Å²) in [7, 11) is -4.16. The standard InChI is InChI=1S/C22H17Cl3FN3O3S/c23-17-7-9-19(10-8-17)33(31,32)29(13-16-3-1-2-4-21(16)26)14-22(30)28-27-12-15-5-6-18(24)11-20(15)25/h1-12H,13-14H2,(H,28,30)/b27-12-. The first-order chi connectivity index (χ1) is 15.7. The van der Waals surface area contributed by atoms with E-state index in [4.69, 9.17) is 34.8 Å². The minimum atomic E-state index is -4.16. The Bertz CT molecular complexity index is 1290. The molecule has 0 heterocycles. The molecule has 1 N–H and O–H groups in total. The van der Waals surface area contributed by atoms with Crippen LogP contribution in [-0.2, 0) is 21.4 Å². The van der Waals surface area contributed by atoms with E-state index in [0.717, 1.165) is 4.31 Å². The topological polar surface area (TPSA) is 78.8 Å². The van der Waals surface area contributed by atoms with Crippen LogP contribution in [0.4, 0.5) is 4.39 Å². The van der Waals surface area contributed by atoms with Gasteiger partial charge in [-0.2, -0.15) is 9.41 Å². The highest BCUT2D eigenvalue weighted by molar-refractivity contribution is 7.89. The van der Waals surface area contributed by atoms with E-state index in [1.165, 1.54) is 54.7 Å². The number of amides is 1. The first kappa shape index (κ1) is 25.1. The number of sulfonamides is 1. The van der Waals surface area contributed by atoms with Gasteiger partial charge in [-0.15, -0.1) is 0 Å². The predicted octanol–water partition coefficient (Wildman–Crippen LogP) is 5.13. The van der Waals surface area contributed by atoms with Gasteiger partial charge in [-0.1, -0.05) is 59.1 Å². The molecule has 0 aromatic heterocycles. The Morgan fingerprint density at radius 2 is 1.67 bits per heavy atom. The molecule has 0 bridgehead atoms. The quantitative estimate of drug-likeness (QED) is 0.325. The second-order valence-electron chi connectivity index (χ2n) is 6.78. The summed E-state index contributed by atoms with van der Waals surface area (Å²) in [5.74, 6) is -1.32. The number of rotatable bonds is 8. The largest absolute Gasteiger partial charge is 0.272 e. The van der Waals surface area contributed by atoms with Gasteiger partial charge in [0.25, 0.3) is 5.91 Å². The third-order valence-corrected chi connectivity index (χ3v) is 7.05. The first-order valence-electron chi connectivity index (χ1n) is 9.43. The van der Waals surface area contributed by atoms with Crippen molar-refractivity contribution in [1.29, 1.82) is 0 Å². The van der Waals surface area contributed by atoms with Crippen molar-refractivity contribution in [3.05, 3.63) is 98.7 Å². The number of hydrogen-bond acceptors (Lipinski definition) is 4. The number of carbonyl (C=O) groups is 1. The molecule has 172 valence electrons. The van der Waals surface area contributed by atoms with E-state index in [0.29, 0.717) is 20.6 Å².